The molecule has 1 fully saturated rings. The number of rotatable bonds is 4. The SMILES string of the molecule is Cc1nc(-c2ccc(Cl)s2)sc1C(=O)Nc1ccccc1N1CCOC1=O. The van der Waals surface area contributed by atoms with Gasteiger partial charge in [0, 0.05) is 0 Å². The normalized spacial score (nSPS) is 13.7. The molecule has 0 radical (unpaired) electrons. The maximum absolute atomic E-state index is 12.8. The summed E-state index contributed by atoms with van der Waals surface area (Å²) in [7, 11) is 0. The number of halogens is 1. The Kier molecular flexibility index (Phi) is 4.86. The molecule has 0 unspecified atom stereocenters. The van der Waals surface area contributed by atoms with Gasteiger partial charge in [-0.2, -0.15) is 0 Å². The number of thiazole rings is 1. The van der Waals surface area contributed by atoms with E-state index < -0.39 is 6.09 Å². The van der Waals surface area contributed by atoms with Crippen molar-refractivity contribution in [1.29, 1.82) is 0 Å². The van der Waals surface area contributed by atoms with E-state index in [-0.39, 0.29) is 5.91 Å². The lowest BCUT2D eigenvalue weighted by atomic mass is 10.2. The first kappa shape index (κ1) is 18.0. The number of amides is 2. The van der Waals surface area contributed by atoms with E-state index in [4.69, 9.17) is 16.3 Å². The second-order valence-corrected chi connectivity index (χ2v) is 8.49. The van der Waals surface area contributed by atoms with Crippen molar-refractivity contribution in [2.24, 2.45) is 0 Å². The van der Waals surface area contributed by atoms with Crippen LogP contribution in [-0.2, 0) is 4.74 Å². The number of cyclic esters (lactones) is 1. The summed E-state index contributed by atoms with van der Waals surface area (Å²) >= 11 is 8.73. The number of thiophene rings is 1. The third-order valence-corrected chi connectivity index (χ3v) is 6.55. The monoisotopic (exact) mass is 419 g/mol. The fraction of sp³-hybridized carbons (Fsp3) is 0.167. The number of nitrogens with one attached hydrogen (secondary N) is 1. The number of ether oxygens (including phenoxy) is 1. The number of hydrogen-bond donors (Lipinski definition) is 1. The van der Waals surface area contributed by atoms with Gasteiger partial charge in [0.05, 0.1) is 32.8 Å². The fourth-order valence-electron chi connectivity index (χ4n) is 2.75. The zero-order valence-corrected chi connectivity index (χ0v) is 16.6. The molecule has 2 aromatic heterocycles. The van der Waals surface area contributed by atoms with Gasteiger partial charge in [0.1, 0.15) is 16.5 Å². The molecule has 1 saturated heterocycles. The highest BCUT2D eigenvalue weighted by Gasteiger charge is 2.26. The number of para-hydroxylation sites is 2. The topological polar surface area (TPSA) is 71.5 Å². The number of carbonyl (C=O) groups excluding carboxylic acids is 2. The summed E-state index contributed by atoms with van der Waals surface area (Å²) in [5.41, 5.74) is 1.81. The van der Waals surface area contributed by atoms with Crippen LogP contribution >= 0.6 is 34.3 Å². The standard InChI is InChI=1S/C18H14ClN3O3S2/c1-10-15(27-17(20-10)13-6-7-14(19)26-13)16(23)21-11-4-2-3-5-12(11)22-8-9-25-18(22)24/h2-7H,8-9H2,1H3,(H,21,23). The molecule has 27 heavy (non-hydrogen) atoms. The van der Waals surface area contributed by atoms with Gasteiger partial charge in [-0.05, 0) is 31.2 Å². The molecule has 3 aromatic rings. The molecular weight excluding hydrogens is 406 g/mol. The van der Waals surface area contributed by atoms with Crippen LogP contribution in [0.25, 0.3) is 9.88 Å². The number of hydrogen-bond acceptors (Lipinski definition) is 6. The van der Waals surface area contributed by atoms with Crippen molar-refractivity contribution in [1.82, 2.24) is 4.98 Å². The van der Waals surface area contributed by atoms with Crippen LogP contribution in [0.3, 0.4) is 0 Å². The molecule has 0 bridgehead atoms. The maximum atomic E-state index is 12.8. The maximum Gasteiger partial charge on any atom is 0.414 e. The Hall–Kier alpha value is -2.42. The first-order chi connectivity index (χ1) is 13.0. The van der Waals surface area contributed by atoms with E-state index in [1.54, 1.807) is 25.1 Å². The van der Waals surface area contributed by atoms with Gasteiger partial charge >= 0.3 is 6.09 Å². The highest BCUT2D eigenvalue weighted by molar-refractivity contribution is 7.24. The number of carbonyl (C=O) groups is 2. The Morgan fingerprint density at radius 2 is 2.07 bits per heavy atom. The second-order valence-electron chi connectivity index (χ2n) is 5.77. The molecule has 0 aliphatic carbocycles. The zero-order chi connectivity index (χ0) is 19.0. The summed E-state index contributed by atoms with van der Waals surface area (Å²) in [4.78, 5) is 32.2. The van der Waals surface area contributed by atoms with Gasteiger partial charge in [-0.1, -0.05) is 23.7 Å². The van der Waals surface area contributed by atoms with Crippen molar-refractivity contribution in [3.05, 3.63) is 51.3 Å². The van der Waals surface area contributed by atoms with Crippen LogP contribution in [0.4, 0.5) is 16.2 Å². The average molecular weight is 420 g/mol. The number of aryl methyl sites for hydroxylation is 1. The molecule has 0 saturated carbocycles. The van der Waals surface area contributed by atoms with E-state index in [1.165, 1.54) is 27.6 Å². The van der Waals surface area contributed by atoms with Crippen LogP contribution in [0.5, 0.6) is 0 Å². The highest BCUT2D eigenvalue weighted by atomic mass is 35.5. The fourth-order valence-corrected chi connectivity index (χ4v) is 4.81. The van der Waals surface area contributed by atoms with E-state index in [0.29, 0.717) is 39.4 Å². The summed E-state index contributed by atoms with van der Waals surface area (Å²) in [6, 6.07) is 10.9. The van der Waals surface area contributed by atoms with Crippen molar-refractivity contribution in [3.63, 3.8) is 0 Å². The van der Waals surface area contributed by atoms with Crippen molar-refractivity contribution in [2.75, 3.05) is 23.4 Å². The van der Waals surface area contributed by atoms with Crippen molar-refractivity contribution in [3.8, 4) is 9.88 Å². The van der Waals surface area contributed by atoms with Gasteiger partial charge in [-0.3, -0.25) is 9.69 Å². The van der Waals surface area contributed by atoms with Crippen LogP contribution in [-0.4, -0.2) is 30.1 Å². The minimum Gasteiger partial charge on any atom is -0.447 e. The quantitative estimate of drug-likeness (QED) is 0.642. The molecule has 0 atom stereocenters. The summed E-state index contributed by atoms with van der Waals surface area (Å²) in [6.45, 7) is 2.59. The molecule has 1 aliphatic rings. The number of benzene rings is 1. The first-order valence-electron chi connectivity index (χ1n) is 8.11. The molecule has 4 rings (SSSR count). The molecule has 2 amide bonds. The van der Waals surface area contributed by atoms with Crippen molar-refractivity contribution < 1.29 is 14.3 Å². The zero-order valence-electron chi connectivity index (χ0n) is 14.2. The van der Waals surface area contributed by atoms with E-state index in [1.807, 2.05) is 18.2 Å². The average Bonchev–Trinajstić information content (AvgIpc) is 3.35. The number of anilines is 2. The second kappa shape index (κ2) is 7.30. The lowest BCUT2D eigenvalue weighted by Gasteiger charge is -2.17. The molecule has 1 N–H and O–H groups in total. The van der Waals surface area contributed by atoms with Crippen LogP contribution in [0.15, 0.2) is 36.4 Å². The van der Waals surface area contributed by atoms with Gasteiger partial charge in [0.2, 0.25) is 0 Å². The molecule has 3 heterocycles. The Balaban J connectivity index is 1.60. The summed E-state index contributed by atoms with van der Waals surface area (Å²) in [5, 5.41) is 3.65. The van der Waals surface area contributed by atoms with E-state index in [2.05, 4.69) is 10.3 Å². The lowest BCUT2D eigenvalue weighted by molar-refractivity contribution is 0.102. The molecule has 1 aromatic carbocycles. The third kappa shape index (κ3) is 3.55. The summed E-state index contributed by atoms with van der Waals surface area (Å²) in [5.74, 6) is -0.265. The minimum atomic E-state index is -0.414. The largest absolute Gasteiger partial charge is 0.447 e. The molecule has 6 nitrogen and oxygen atoms in total. The van der Waals surface area contributed by atoms with E-state index >= 15 is 0 Å². The van der Waals surface area contributed by atoms with Crippen molar-refractivity contribution >= 4 is 57.6 Å². The van der Waals surface area contributed by atoms with Gasteiger partial charge in [0.25, 0.3) is 5.91 Å². The van der Waals surface area contributed by atoms with Crippen LogP contribution in [0.1, 0.15) is 15.4 Å². The van der Waals surface area contributed by atoms with Crippen molar-refractivity contribution in [2.45, 2.75) is 6.92 Å². The summed E-state index contributed by atoms with van der Waals surface area (Å²) < 4.78 is 5.67. The van der Waals surface area contributed by atoms with Gasteiger partial charge < -0.3 is 10.1 Å². The van der Waals surface area contributed by atoms with E-state index in [9.17, 15) is 9.59 Å². The molecule has 138 valence electrons. The smallest absolute Gasteiger partial charge is 0.414 e. The predicted molar refractivity (Wildman–Crippen MR) is 108 cm³/mol. The number of aromatic nitrogens is 1. The van der Waals surface area contributed by atoms with Gasteiger partial charge in [-0.15, -0.1) is 22.7 Å². The molecular formula is C18H14ClN3O3S2. The molecule has 9 heteroatoms. The van der Waals surface area contributed by atoms with Gasteiger partial charge in [-0.25, -0.2) is 9.78 Å². The predicted octanol–water partition coefficient (Wildman–Crippen LogP) is 5.04. The Morgan fingerprint density at radius 1 is 1.26 bits per heavy atom. The third-order valence-electron chi connectivity index (χ3n) is 3.99. The lowest BCUT2D eigenvalue weighted by Crippen LogP contribution is -2.25. The highest BCUT2D eigenvalue weighted by Crippen LogP contribution is 2.35. The van der Waals surface area contributed by atoms with Crippen LogP contribution < -0.4 is 10.2 Å². The van der Waals surface area contributed by atoms with Gasteiger partial charge in [0.15, 0.2) is 0 Å². The van der Waals surface area contributed by atoms with Crippen LogP contribution in [0, 0.1) is 6.92 Å². The van der Waals surface area contributed by atoms with Crippen LogP contribution in [0.2, 0.25) is 4.34 Å². The Labute approximate surface area is 168 Å². The minimum absolute atomic E-state index is 0.265. The number of nitrogens with zero attached hydrogens (tertiary/aromatic N) is 2. The Morgan fingerprint density at radius 3 is 2.78 bits per heavy atom. The van der Waals surface area contributed by atoms with E-state index in [0.717, 1.165) is 9.88 Å². The Bertz CT molecular complexity index is 1030. The first-order valence-corrected chi connectivity index (χ1v) is 10.1. The molecule has 0 spiro atoms. The molecule has 1 aliphatic heterocycles. The summed E-state index contributed by atoms with van der Waals surface area (Å²) in [6.07, 6.45) is -0.414.